The van der Waals surface area contributed by atoms with Gasteiger partial charge in [-0.25, -0.2) is 9.18 Å². The molecular weight excluding hydrogens is 357 g/mol. The average Bonchev–Trinajstić information content (AvgIpc) is 2.74. The second kappa shape index (κ2) is 8.95. The fraction of sp³-hybridized carbons (Fsp3) is 0.130. The largest absolute Gasteiger partial charge is 0.452 e. The molecular formula is C23H20FNO3. The fourth-order valence-electron chi connectivity index (χ4n) is 2.70. The minimum Gasteiger partial charge on any atom is -0.452 e. The van der Waals surface area contributed by atoms with Gasteiger partial charge in [0.1, 0.15) is 5.82 Å². The lowest BCUT2D eigenvalue weighted by Crippen LogP contribution is -2.30. The van der Waals surface area contributed by atoms with Gasteiger partial charge in [-0.2, -0.15) is 0 Å². The van der Waals surface area contributed by atoms with Gasteiger partial charge in [0.05, 0.1) is 5.56 Å². The molecule has 0 spiro atoms. The standard InChI is InChI=1S/C23H20FNO3/c1-25(15-17-7-13-21(24)14-8-17)22(26)16-28-23(27)20-11-9-19(10-12-20)18-5-3-2-4-6-18/h2-14H,15-16H2,1H3. The monoisotopic (exact) mass is 377 g/mol. The van der Waals surface area contributed by atoms with Crippen molar-refractivity contribution in [1.82, 2.24) is 4.90 Å². The molecule has 0 bridgehead atoms. The van der Waals surface area contributed by atoms with E-state index in [0.29, 0.717) is 12.1 Å². The SMILES string of the molecule is CN(Cc1ccc(F)cc1)C(=O)COC(=O)c1ccc(-c2ccccc2)cc1. The van der Waals surface area contributed by atoms with Crippen molar-refractivity contribution in [3.05, 3.63) is 95.8 Å². The van der Waals surface area contributed by atoms with E-state index in [2.05, 4.69) is 0 Å². The Morgan fingerprint density at radius 2 is 1.46 bits per heavy atom. The van der Waals surface area contributed by atoms with Crippen LogP contribution in [0.4, 0.5) is 4.39 Å². The summed E-state index contributed by atoms with van der Waals surface area (Å²) in [5.74, 6) is -1.22. The molecule has 0 atom stereocenters. The highest BCUT2D eigenvalue weighted by atomic mass is 19.1. The van der Waals surface area contributed by atoms with Crippen molar-refractivity contribution in [3.63, 3.8) is 0 Å². The zero-order chi connectivity index (χ0) is 19.9. The van der Waals surface area contributed by atoms with Gasteiger partial charge < -0.3 is 9.64 Å². The molecule has 28 heavy (non-hydrogen) atoms. The summed E-state index contributed by atoms with van der Waals surface area (Å²) in [5.41, 5.74) is 3.22. The van der Waals surface area contributed by atoms with Crippen molar-refractivity contribution in [1.29, 1.82) is 0 Å². The summed E-state index contributed by atoms with van der Waals surface area (Å²) < 4.78 is 18.1. The molecule has 0 N–H and O–H groups in total. The quantitative estimate of drug-likeness (QED) is 0.602. The maximum absolute atomic E-state index is 12.9. The van der Waals surface area contributed by atoms with Crippen LogP contribution in [0.5, 0.6) is 0 Å². The summed E-state index contributed by atoms with van der Waals surface area (Å²) in [5, 5.41) is 0. The van der Waals surface area contributed by atoms with E-state index in [1.54, 1.807) is 31.3 Å². The van der Waals surface area contributed by atoms with Gasteiger partial charge in [-0.15, -0.1) is 0 Å². The Morgan fingerprint density at radius 1 is 0.857 bits per heavy atom. The van der Waals surface area contributed by atoms with E-state index in [9.17, 15) is 14.0 Å². The van der Waals surface area contributed by atoms with Crippen molar-refractivity contribution in [3.8, 4) is 11.1 Å². The fourth-order valence-corrected chi connectivity index (χ4v) is 2.70. The molecule has 0 unspecified atom stereocenters. The molecule has 0 heterocycles. The lowest BCUT2D eigenvalue weighted by atomic mass is 10.0. The van der Waals surface area contributed by atoms with Crippen LogP contribution in [0.2, 0.25) is 0 Å². The van der Waals surface area contributed by atoms with E-state index in [-0.39, 0.29) is 18.3 Å². The molecule has 0 fully saturated rings. The van der Waals surface area contributed by atoms with Gasteiger partial charge in [-0.3, -0.25) is 4.79 Å². The van der Waals surface area contributed by atoms with E-state index >= 15 is 0 Å². The third kappa shape index (κ3) is 5.04. The molecule has 3 aromatic carbocycles. The molecule has 0 aliphatic heterocycles. The topological polar surface area (TPSA) is 46.6 Å². The molecule has 4 nitrogen and oxygen atoms in total. The molecule has 0 saturated heterocycles. The number of ether oxygens (including phenoxy) is 1. The van der Waals surface area contributed by atoms with Crippen LogP contribution in [0.25, 0.3) is 11.1 Å². The average molecular weight is 377 g/mol. The third-order valence-corrected chi connectivity index (χ3v) is 4.31. The minimum absolute atomic E-state index is 0.308. The molecule has 0 aliphatic carbocycles. The Hall–Kier alpha value is -3.47. The number of carbonyl (C=O) groups excluding carboxylic acids is 2. The maximum Gasteiger partial charge on any atom is 0.338 e. The Kier molecular flexibility index (Phi) is 6.17. The van der Waals surface area contributed by atoms with E-state index in [0.717, 1.165) is 16.7 Å². The van der Waals surface area contributed by atoms with Gasteiger partial charge in [-0.05, 0) is 41.0 Å². The molecule has 3 aromatic rings. The summed E-state index contributed by atoms with van der Waals surface area (Å²) >= 11 is 0. The molecule has 0 saturated carbocycles. The first kappa shape index (κ1) is 19.3. The van der Waals surface area contributed by atoms with Crippen LogP contribution in [-0.4, -0.2) is 30.4 Å². The zero-order valence-corrected chi connectivity index (χ0v) is 15.5. The smallest absolute Gasteiger partial charge is 0.338 e. The van der Waals surface area contributed by atoms with E-state index in [1.807, 2.05) is 42.5 Å². The van der Waals surface area contributed by atoms with Crippen molar-refractivity contribution in [2.24, 2.45) is 0 Å². The summed E-state index contributed by atoms with van der Waals surface area (Å²) in [6.07, 6.45) is 0. The Labute approximate surface area is 163 Å². The van der Waals surface area contributed by atoms with E-state index in [1.165, 1.54) is 17.0 Å². The number of hydrogen-bond acceptors (Lipinski definition) is 3. The minimum atomic E-state index is -0.553. The Balaban J connectivity index is 1.53. The van der Waals surface area contributed by atoms with Crippen LogP contribution in [0, 0.1) is 5.82 Å². The molecule has 3 rings (SSSR count). The van der Waals surface area contributed by atoms with Crippen LogP contribution in [0.15, 0.2) is 78.9 Å². The van der Waals surface area contributed by atoms with Crippen molar-refractivity contribution in [2.45, 2.75) is 6.54 Å². The van der Waals surface area contributed by atoms with Crippen LogP contribution in [-0.2, 0) is 16.1 Å². The molecule has 0 aliphatic rings. The molecule has 1 amide bonds. The number of likely N-dealkylation sites (N-methyl/N-ethyl adjacent to an activating group) is 1. The highest BCUT2D eigenvalue weighted by molar-refractivity contribution is 5.91. The summed E-state index contributed by atoms with van der Waals surface area (Å²) in [6.45, 7) is -0.0423. The van der Waals surface area contributed by atoms with E-state index in [4.69, 9.17) is 4.74 Å². The number of esters is 1. The lowest BCUT2D eigenvalue weighted by Gasteiger charge is -2.17. The summed E-state index contributed by atoms with van der Waals surface area (Å²) in [7, 11) is 1.61. The van der Waals surface area contributed by atoms with Gasteiger partial charge in [0.15, 0.2) is 6.61 Å². The van der Waals surface area contributed by atoms with Gasteiger partial charge in [-0.1, -0.05) is 54.6 Å². The van der Waals surface area contributed by atoms with Crippen molar-refractivity contribution < 1.29 is 18.7 Å². The number of benzene rings is 3. The number of hydrogen-bond donors (Lipinski definition) is 0. The summed E-state index contributed by atoms with van der Waals surface area (Å²) in [4.78, 5) is 25.8. The molecule has 0 radical (unpaired) electrons. The predicted octanol–water partition coefficient (Wildman–Crippen LogP) is 4.31. The van der Waals surface area contributed by atoms with Gasteiger partial charge >= 0.3 is 5.97 Å². The van der Waals surface area contributed by atoms with Crippen molar-refractivity contribution in [2.75, 3.05) is 13.7 Å². The highest BCUT2D eigenvalue weighted by Crippen LogP contribution is 2.19. The van der Waals surface area contributed by atoms with Crippen LogP contribution in [0.1, 0.15) is 15.9 Å². The summed E-state index contributed by atoms with van der Waals surface area (Å²) in [6, 6.07) is 22.8. The number of amides is 1. The first-order chi connectivity index (χ1) is 13.5. The van der Waals surface area contributed by atoms with Crippen LogP contribution in [0.3, 0.4) is 0 Å². The predicted molar refractivity (Wildman–Crippen MR) is 105 cm³/mol. The Bertz CT molecular complexity index is 938. The van der Waals surface area contributed by atoms with Crippen LogP contribution < -0.4 is 0 Å². The number of carbonyl (C=O) groups is 2. The number of halogens is 1. The second-order valence-corrected chi connectivity index (χ2v) is 6.40. The van der Waals surface area contributed by atoms with Gasteiger partial charge in [0.2, 0.25) is 0 Å². The zero-order valence-electron chi connectivity index (χ0n) is 15.5. The molecule has 5 heteroatoms. The number of rotatable bonds is 6. The molecule has 0 aromatic heterocycles. The lowest BCUT2D eigenvalue weighted by molar-refractivity contribution is -0.133. The number of nitrogens with zero attached hydrogens (tertiary/aromatic N) is 1. The highest BCUT2D eigenvalue weighted by Gasteiger charge is 2.14. The first-order valence-corrected chi connectivity index (χ1v) is 8.84. The first-order valence-electron chi connectivity index (χ1n) is 8.84. The Morgan fingerprint density at radius 3 is 2.11 bits per heavy atom. The van der Waals surface area contributed by atoms with E-state index < -0.39 is 5.97 Å². The van der Waals surface area contributed by atoms with Gasteiger partial charge in [0.25, 0.3) is 5.91 Å². The van der Waals surface area contributed by atoms with Crippen molar-refractivity contribution >= 4 is 11.9 Å². The maximum atomic E-state index is 12.9. The molecule has 142 valence electrons. The third-order valence-electron chi connectivity index (χ3n) is 4.31. The van der Waals surface area contributed by atoms with Crippen LogP contribution >= 0.6 is 0 Å². The second-order valence-electron chi connectivity index (χ2n) is 6.40. The van der Waals surface area contributed by atoms with Gasteiger partial charge in [0, 0.05) is 13.6 Å². The normalized spacial score (nSPS) is 10.4.